The lowest BCUT2D eigenvalue weighted by Gasteiger charge is -2.11. The Morgan fingerprint density at radius 2 is 1.76 bits per heavy atom. The summed E-state index contributed by atoms with van der Waals surface area (Å²) < 4.78 is 0.987. The van der Waals surface area contributed by atoms with E-state index in [-0.39, 0.29) is 0 Å². The van der Waals surface area contributed by atoms with Crippen LogP contribution in [-0.2, 0) is 0 Å². The van der Waals surface area contributed by atoms with Crippen LogP contribution in [0.1, 0.15) is 11.1 Å². The molecule has 0 saturated carbocycles. The fraction of sp³-hybridized carbons (Fsp3) is 0.143. The molecule has 0 radical (unpaired) electrons. The van der Waals surface area contributed by atoms with Gasteiger partial charge in [0.1, 0.15) is 0 Å². The van der Waals surface area contributed by atoms with E-state index in [1.54, 1.807) is 0 Å². The quantitative estimate of drug-likeness (QED) is 0.805. The molecular formula is C14H15BrN2. The molecule has 0 unspecified atom stereocenters. The van der Waals surface area contributed by atoms with Crippen molar-refractivity contribution in [2.45, 2.75) is 13.8 Å². The molecule has 0 spiro atoms. The van der Waals surface area contributed by atoms with Crippen LogP contribution in [0.4, 0.5) is 17.1 Å². The summed E-state index contributed by atoms with van der Waals surface area (Å²) in [7, 11) is 0. The summed E-state index contributed by atoms with van der Waals surface area (Å²) >= 11 is 3.40. The number of hydrogen-bond donors (Lipinski definition) is 2. The van der Waals surface area contributed by atoms with E-state index in [0.717, 1.165) is 21.5 Å². The average molecular weight is 291 g/mol. The third kappa shape index (κ3) is 2.80. The lowest BCUT2D eigenvalue weighted by molar-refractivity contribution is 1.34. The van der Waals surface area contributed by atoms with Gasteiger partial charge >= 0.3 is 0 Å². The van der Waals surface area contributed by atoms with Gasteiger partial charge in [0.25, 0.3) is 0 Å². The smallest absolute Gasteiger partial charge is 0.0618 e. The minimum atomic E-state index is 0.734. The van der Waals surface area contributed by atoms with Crippen molar-refractivity contribution in [1.82, 2.24) is 0 Å². The summed E-state index contributed by atoms with van der Waals surface area (Å²) in [5.41, 5.74) is 11.2. The van der Waals surface area contributed by atoms with Crippen molar-refractivity contribution in [3.63, 3.8) is 0 Å². The van der Waals surface area contributed by atoms with Gasteiger partial charge in [-0.1, -0.05) is 22.0 Å². The molecule has 0 fully saturated rings. The number of nitrogens with one attached hydrogen (secondary N) is 1. The molecule has 0 atom stereocenters. The van der Waals surface area contributed by atoms with Crippen LogP contribution >= 0.6 is 15.9 Å². The number of anilines is 3. The maximum absolute atomic E-state index is 5.94. The Labute approximate surface area is 110 Å². The van der Waals surface area contributed by atoms with E-state index in [1.165, 1.54) is 11.1 Å². The maximum Gasteiger partial charge on any atom is 0.0618 e. The van der Waals surface area contributed by atoms with Crippen LogP contribution < -0.4 is 11.1 Å². The van der Waals surface area contributed by atoms with Gasteiger partial charge in [0.2, 0.25) is 0 Å². The van der Waals surface area contributed by atoms with Gasteiger partial charge in [-0.25, -0.2) is 0 Å². The minimum absolute atomic E-state index is 0.734. The monoisotopic (exact) mass is 290 g/mol. The summed E-state index contributed by atoms with van der Waals surface area (Å²) in [5.74, 6) is 0. The molecule has 2 rings (SSSR count). The SMILES string of the molecule is Cc1ccc(Nc2ccc(Br)cc2N)cc1C. The van der Waals surface area contributed by atoms with Gasteiger partial charge in [0, 0.05) is 10.2 Å². The molecule has 0 aromatic heterocycles. The van der Waals surface area contributed by atoms with Crippen LogP contribution in [0.5, 0.6) is 0 Å². The fourth-order valence-electron chi connectivity index (χ4n) is 1.62. The molecule has 0 heterocycles. The van der Waals surface area contributed by atoms with Crippen LogP contribution in [0.2, 0.25) is 0 Å². The second-order valence-corrected chi connectivity index (χ2v) is 5.07. The number of nitrogen functional groups attached to an aromatic ring is 1. The third-order valence-corrected chi connectivity index (χ3v) is 3.29. The number of aryl methyl sites for hydroxylation is 2. The van der Waals surface area contributed by atoms with Gasteiger partial charge in [-0.3, -0.25) is 0 Å². The Balaban J connectivity index is 2.28. The molecule has 3 N–H and O–H groups in total. The Hall–Kier alpha value is -1.48. The largest absolute Gasteiger partial charge is 0.397 e. The van der Waals surface area contributed by atoms with E-state index in [2.05, 4.69) is 53.3 Å². The maximum atomic E-state index is 5.94. The van der Waals surface area contributed by atoms with Gasteiger partial charge < -0.3 is 11.1 Å². The number of nitrogens with two attached hydrogens (primary N) is 1. The fourth-order valence-corrected chi connectivity index (χ4v) is 2.00. The molecule has 0 aliphatic heterocycles. The first kappa shape index (κ1) is 12.0. The molecule has 0 aliphatic rings. The molecule has 0 amide bonds. The van der Waals surface area contributed by atoms with Crippen LogP contribution in [0.25, 0.3) is 0 Å². The first-order valence-corrected chi connectivity index (χ1v) is 6.25. The van der Waals surface area contributed by atoms with Gasteiger partial charge in [-0.2, -0.15) is 0 Å². The first-order valence-electron chi connectivity index (χ1n) is 5.45. The first-order chi connectivity index (χ1) is 8.06. The highest BCUT2D eigenvalue weighted by Gasteiger charge is 2.01. The Morgan fingerprint density at radius 1 is 1.00 bits per heavy atom. The molecular weight excluding hydrogens is 276 g/mol. The van der Waals surface area contributed by atoms with E-state index >= 15 is 0 Å². The predicted molar refractivity (Wildman–Crippen MR) is 77.8 cm³/mol. The van der Waals surface area contributed by atoms with Crippen molar-refractivity contribution in [3.8, 4) is 0 Å². The van der Waals surface area contributed by atoms with E-state index in [1.807, 2.05) is 18.2 Å². The summed E-state index contributed by atoms with van der Waals surface area (Å²) in [6, 6.07) is 12.1. The van der Waals surface area contributed by atoms with Gasteiger partial charge in [-0.15, -0.1) is 0 Å². The Bertz CT molecular complexity index is 550. The van der Waals surface area contributed by atoms with Gasteiger partial charge in [-0.05, 0) is 55.3 Å². The lowest BCUT2D eigenvalue weighted by Crippen LogP contribution is -1.96. The highest BCUT2D eigenvalue weighted by atomic mass is 79.9. The van der Waals surface area contributed by atoms with Gasteiger partial charge in [0.05, 0.1) is 11.4 Å². The summed E-state index contributed by atoms with van der Waals surface area (Å²) in [6.07, 6.45) is 0. The molecule has 17 heavy (non-hydrogen) atoms. The second-order valence-electron chi connectivity index (χ2n) is 4.16. The number of halogens is 1. The Morgan fingerprint density at radius 3 is 2.41 bits per heavy atom. The lowest BCUT2D eigenvalue weighted by atomic mass is 10.1. The van der Waals surface area contributed by atoms with Crippen molar-refractivity contribution in [2.75, 3.05) is 11.1 Å². The Kier molecular flexibility index (Phi) is 3.38. The normalized spacial score (nSPS) is 10.3. The average Bonchev–Trinajstić information content (AvgIpc) is 2.27. The van der Waals surface area contributed by atoms with Crippen molar-refractivity contribution in [3.05, 3.63) is 52.0 Å². The molecule has 2 aromatic carbocycles. The molecule has 2 aromatic rings. The van der Waals surface area contributed by atoms with Crippen LogP contribution in [0.15, 0.2) is 40.9 Å². The zero-order chi connectivity index (χ0) is 12.4. The molecule has 0 saturated heterocycles. The van der Waals surface area contributed by atoms with E-state index in [9.17, 15) is 0 Å². The number of hydrogen-bond acceptors (Lipinski definition) is 2. The van der Waals surface area contributed by atoms with E-state index < -0.39 is 0 Å². The molecule has 0 bridgehead atoms. The summed E-state index contributed by atoms with van der Waals surface area (Å²) in [5, 5.41) is 3.32. The number of rotatable bonds is 2. The third-order valence-electron chi connectivity index (χ3n) is 2.80. The van der Waals surface area contributed by atoms with Crippen LogP contribution in [0.3, 0.4) is 0 Å². The zero-order valence-corrected chi connectivity index (χ0v) is 11.5. The molecule has 3 heteroatoms. The van der Waals surface area contributed by atoms with Crippen molar-refractivity contribution < 1.29 is 0 Å². The van der Waals surface area contributed by atoms with Crippen LogP contribution in [-0.4, -0.2) is 0 Å². The number of benzene rings is 2. The van der Waals surface area contributed by atoms with Crippen LogP contribution in [0, 0.1) is 13.8 Å². The summed E-state index contributed by atoms with van der Waals surface area (Å²) in [6.45, 7) is 4.21. The minimum Gasteiger partial charge on any atom is -0.397 e. The van der Waals surface area contributed by atoms with Crippen molar-refractivity contribution >= 4 is 33.0 Å². The highest BCUT2D eigenvalue weighted by Crippen LogP contribution is 2.27. The van der Waals surface area contributed by atoms with E-state index in [4.69, 9.17) is 5.73 Å². The van der Waals surface area contributed by atoms with Crippen molar-refractivity contribution in [2.24, 2.45) is 0 Å². The zero-order valence-electron chi connectivity index (χ0n) is 9.92. The summed E-state index contributed by atoms with van der Waals surface area (Å²) in [4.78, 5) is 0. The second kappa shape index (κ2) is 4.80. The van der Waals surface area contributed by atoms with E-state index in [0.29, 0.717) is 0 Å². The molecule has 88 valence electrons. The topological polar surface area (TPSA) is 38.0 Å². The molecule has 0 aliphatic carbocycles. The predicted octanol–water partition coefficient (Wildman–Crippen LogP) is 4.39. The standard InChI is InChI=1S/C14H15BrN2/c1-9-3-5-12(7-10(9)2)17-14-6-4-11(15)8-13(14)16/h3-8,17H,16H2,1-2H3. The van der Waals surface area contributed by atoms with Crippen molar-refractivity contribution in [1.29, 1.82) is 0 Å². The molecule has 2 nitrogen and oxygen atoms in total. The highest BCUT2D eigenvalue weighted by molar-refractivity contribution is 9.10. The van der Waals surface area contributed by atoms with Gasteiger partial charge in [0.15, 0.2) is 0 Å².